The highest BCUT2D eigenvalue weighted by Gasteiger charge is 2.04. The molecule has 0 saturated heterocycles. The average Bonchev–Trinajstić information content (AvgIpc) is 2.57. The molecule has 2 aromatic rings. The zero-order chi connectivity index (χ0) is 10.8. The maximum atomic E-state index is 5.99. The van der Waals surface area contributed by atoms with Crippen LogP contribution in [0, 0.1) is 0 Å². The number of halogens is 1. The molecule has 80 valence electrons. The maximum absolute atomic E-state index is 5.99. The molecule has 0 radical (unpaired) electrons. The Hall–Kier alpha value is -0.570. The molecule has 0 aliphatic rings. The molecule has 15 heavy (non-hydrogen) atoms. The Morgan fingerprint density at radius 2 is 2.20 bits per heavy atom. The number of benzene rings is 1. The van der Waals surface area contributed by atoms with Gasteiger partial charge in [-0.05, 0) is 34.5 Å². The minimum atomic E-state index is 0.513. The standard InChI is InChI=1S/C12H14ClNS/c1-8(2)14-6-9-7-15-12-4-3-10(13)5-11(9)12/h3-5,7-8,14H,6H2,1-2H3. The van der Waals surface area contributed by atoms with Gasteiger partial charge in [0.15, 0.2) is 0 Å². The van der Waals surface area contributed by atoms with Crippen LogP contribution in [0.25, 0.3) is 10.1 Å². The van der Waals surface area contributed by atoms with Crippen LogP contribution in [0.2, 0.25) is 5.02 Å². The van der Waals surface area contributed by atoms with Gasteiger partial charge in [0.05, 0.1) is 0 Å². The Morgan fingerprint density at radius 1 is 1.40 bits per heavy atom. The van der Waals surface area contributed by atoms with Gasteiger partial charge in [0, 0.05) is 22.3 Å². The van der Waals surface area contributed by atoms with Crippen LogP contribution in [-0.4, -0.2) is 6.04 Å². The lowest BCUT2D eigenvalue weighted by Gasteiger charge is -2.06. The van der Waals surface area contributed by atoms with Gasteiger partial charge in [0.1, 0.15) is 0 Å². The monoisotopic (exact) mass is 239 g/mol. The molecule has 0 saturated carbocycles. The molecular weight excluding hydrogens is 226 g/mol. The molecule has 0 aliphatic heterocycles. The van der Waals surface area contributed by atoms with Gasteiger partial charge in [-0.25, -0.2) is 0 Å². The van der Waals surface area contributed by atoms with Crippen LogP contribution in [0.15, 0.2) is 23.6 Å². The maximum Gasteiger partial charge on any atom is 0.0413 e. The van der Waals surface area contributed by atoms with E-state index in [1.807, 2.05) is 12.1 Å². The Labute approximate surface area is 99.1 Å². The smallest absolute Gasteiger partial charge is 0.0413 e. The quantitative estimate of drug-likeness (QED) is 0.852. The Kier molecular flexibility index (Phi) is 3.29. The summed E-state index contributed by atoms with van der Waals surface area (Å²) in [6.45, 7) is 5.22. The second-order valence-electron chi connectivity index (χ2n) is 3.94. The van der Waals surface area contributed by atoms with Gasteiger partial charge in [0.2, 0.25) is 0 Å². The third-order valence-electron chi connectivity index (χ3n) is 2.32. The van der Waals surface area contributed by atoms with E-state index >= 15 is 0 Å². The predicted octanol–water partition coefficient (Wildman–Crippen LogP) is 4.05. The van der Waals surface area contributed by atoms with Crippen molar-refractivity contribution in [2.75, 3.05) is 0 Å². The largest absolute Gasteiger partial charge is 0.310 e. The zero-order valence-corrected chi connectivity index (χ0v) is 10.5. The van der Waals surface area contributed by atoms with Gasteiger partial charge in [0.25, 0.3) is 0 Å². The molecule has 1 aromatic heterocycles. The minimum Gasteiger partial charge on any atom is -0.310 e. The van der Waals surface area contributed by atoms with E-state index in [1.165, 1.54) is 15.6 Å². The molecule has 2 rings (SSSR count). The van der Waals surface area contributed by atoms with Crippen molar-refractivity contribution in [3.05, 3.63) is 34.2 Å². The van der Waals surface area contributed by atoms with Crippen molar-refractivity contribution in [1.29, 1.82) is 0 Å². The molecule has 0 spiro atoms. The summed E-state index contributed by atoms with van der Waals surface area (Å²) in [5.41, 5.74) is 1.34. The summed E-state index contributed by atoms with van der Waals surface area (Å²) in [7, 11) is 0. The Balaban J connectivity index is 2.31. The van der Waals surface area contributed by atoms with E-state index in [2.05, 4.69) is 30.6 Å². The van der Waals surface area contributed by atoms with Gasteiger partial charge in [-0.1, -0.05) is 25.4 Å². The lowest BCUT2D eigenvalue weighted by atomic mass is 10.2. The number of fused-ring (bicyclic) bond motifs is 1. The van der Waals surface area contributed by atoms with E-state index in [-0.39, 0.29) is 0 Å². The fraction of sp³-hybridized carbons (Fsp3) is 0.333. The van der Waals surface area contributed by atoms with Crippen molar-refractivity contribution in [2.45, 2.75) is 26.4 Å². The SMILES string of the molecule is CC(C)NCc1csc2ccc(Cl)cc12. The van der Waals surface area contributed by atoms with E-state index in [4.69, 9.17) is 11.6 Å². The fourth-order valence-electron chi connectivity index (χ4n) is 1.50. The molecule has 1 aromatic carbocycles. The second-order valence-corrected chi connectivity index (χ2v) is 5.28. The van der Waals surface area contributed by atoms with E-state index in [0.29, 0.717) is 6.04 Å². The van der Waals surface area contributed by atoms with Crippen molar-refractivity contribution in [3.63, 3.8) is 0 Å². The van der Waals surface area contributed by atoms with Gasteiger partial charge in [-0.3, -0.25) is 0 Å². The summed E-state index contributed by atoms with van der Waals surface area (Å²) in [4.78, 5) is 0. The zero-order valence-electron chi connectivity index (χ0n) is 8.88. The first-order valence-electron chi connectivity index (χ1n) is 5.06. The minimum absolute atomic E-state index is 0.513. The van der Waals surface area contributed by atoms with Crippen LogP contribution in [0.1, 0.15) is 19.4 Å². The first-order valence-corrected chi connectivity index (χ1v) is 6.31. The lowest BCUT2D eigenvalue weighted by molar-refractivity contribution is 0.591. The Bertz CT molecular complexity index is 462. The van der Waals surface area contributed by atoms with Crippen molar-refractivity contribution in [2.24, 2.45) is 0 Å². The summed E-state index contributed by atoms with van der Waals surface area (Å²) in [5, 5.41) is 7.72. The molecule has 0 bridgehead atoms. The van der Waals surface area contributed by atoms with Crippen LogP contribution in [0.3, 0.4) is 0 Å². The molecule has 1 nitrogen and oxygen atoms in total. The number of nitrogens with one attached hydrogen (secondary N) is 1. The molecule has 1 heterocycles. The van der Waals surface area contributed by atoms with Crippen molar-refractivity contribution in [1.82, 2.24) is 5.32 Å². The topological polar surface area (TPSA) is 12.0 Å². The first kappa shape index (κ1) is 10.9. The summed E-state index contributed by atoms with van der Waals surface area (Å²) < 4.78 is 1.31. The number of hydrogen-bond donors (Lipinski definition) is 1. The molecule has 0 unspecified atom stereocenters. The molecule has 0 amide bonds. The molecular formula is C12H14ClNS. The third kappa shape index (κ3) is 2.51. The van der Waals surface area contributed by atoms with E-state index in [0.717, 1.165) is 11.6 Å². The van der Waals surface area contributed by atoms with Crippen molar-refractivity contribution < 1.29 is 0 Å². The van der Waals surface area contributed by atoms with E-state index < -0.39 is 0 Å². The molecule has 0 fully saturated rings. The van der Waals surface area contributed by atoms with Gasteiger partial charge >= 0.3 is 0 Å². The summed E-state index contributed by atoms with van der Waals surface area (Å²) >= 11 is 7.77. The molecule has 3 heteroatoms. The van der Waals surface area contributed by atoms with Crippen LogP contribution in [-0.2, 0) is 6.54 Å². The summed E-state index contributed by atoms with van der Waals surface area (Å²) in [6, 6.07) is 6.59. The van der Waals surface area contributed by atoms with E-state index in [1.54, 1.807) is 11.3 Å². The van der Waals surface area contributed by atoms with Crippen LogP contribution >= 0.6 is 22.9 Å². The highest BCUT2D eigenvalue weighted by atomic mass is 35.5. The van der Waals surface area contributed by atoms with Gasteiger partial charge in [-0.2, -0.15) is 0 Å². The Morgan fingerprint density at radius 3 is 2.93 bits per heavy atom. The third-order valence-corrected chi connectivity index (χ3v) is 3.56. The predicted molar refractivity (Wildman–Crippen MR) is 68.8 cm³/mol. The average molecular weight is 240 g/mol. The number of rotatable bonds is 3. The number of thiophene rings is 1. The fourth-order valence-corrected chi connectivity index (χ4v) is 2.62. The summed E-state index contributed by atoms with van der Waals surface area (Å²) in [5.74, 6) is 0. The van der Waals surface area contributed by atoms with Crippen LogP contribution < -0.4 is 5.32 Å². The van der Waals surface area contributed by atoms with Gasteiger partial charge in [-0.15, -0.1) is 11.3 Å². The highest BCUT2D eigenvalue weighted by Crippen LogP contribution is 2.28. The van der Waals surface area contributed by atoms with Crippen LogP contribution in [0.5, 0.6) is 0 Å². The second kappa shape index (κ2) is 4.52. The van der Waals surface area contributed by atoms with Crippen molar-refractivity contribution in [3.8, 4) is 0 Å². The van der Waals surface area contributed by atoms with Crippen LogP contribution in [0.4, 0.5) is 0 Å². The molecule has 1 N–H and O–H groups in total. The summed E-state index contributed by atoms with van der Waals surface area (Å²) in [6.07, 6.45) is 0. The number of hydrogen-bond acceptors (Lipinski definition) is 2. The first-order chi connectivity index (χ1) is 7.16. The lowest BCUT2D eigenvalue weighted by Crippen LogP contribution is -2.21. The molecule has 0 atom stereocenters. The van der Waals surface area contributed by atoms with E-state index in [9.17, 15) is 0 Å². The highest BCUT2D eigenvalue weighted by molar-refractivity contribution is 7.17. The molecule has 0 aliphatic carbocycles. The van der Waals surface area contributed by atoms with Crippen molar-refractivity contribution >= 4 is 33.0 Å². The van der Waals surface area contributed by atoms with Gasteiger partial charge < -0.3 is 5.32 Å². The normalized spacial score (nSPS) is 11.5.